The third-order valence-corrected chi connectivity index (χ3v) is 1.86. The lowest BCUT2D eigenvalue weighted by atomic mass is 10.4. The lowest BCUT2D eigenvalue weighted by Gasteiger charge is -1.87. The molecular weight excluding hydrogens is 166 g/mol. The van der Waals surface area contributed by atoms with Crippen molar-refractivity contribution in [2.45, 2.75) is 12.3 Å². The van der Waals surface area contributed by atoms with Crippen molar-refractivity contribution >= 4 is 29.0 Å². The molecule has 0 saturated heterocycles. The minimum Gasteiger partial charge on any atom is -0.253 e. The summed E-state index contributed by atoms with van der Waals surface area (Å²) in [7, 11) is 0. The van der Waals surface area contributed by atoms with Crippen LogP contribution < -0.4 is 0 Å². The SMILES string of the molecule is CC(Cl)/C=C/c1cncs1. The van der Waals surface area contributed by atoms with Crippen molar-refractivity contribution in [3.8, 4) is 0 Å². The molecular formula is C7H8ClNS. The molecule has 1 atom stereocenters. The van der Waals surface area contributed by atoms with E-state index < -0.39 is 0 Å². The molecule has 10 heavy (non-hydrogen) atoms. The Hall–Kier alpha value is -0.340. The number of allylic oxidation sites excluding steroid dienone is 1. The minimum atomic E-state index is 0.0992. The summed E-state index contributed by atoms with van der Waals surface area (Å²) >= 11 is 7.30. The summed E-state index contributed by atoms with van der Waals surface area (Å²) in [6.45, 7) is 1.93. The van der Waals surface area contributed by atoms with Crippen molar-refractivity contribution in [1.82, 2.24) is 4.98 Å². The Balaban J connectivity index is 2.55. The van der Waals surface area contributed by atoms with Crippen LogP contribution in [-0.2, 0) is 0 Å². The predicted molar refractivity (Wildman–Crippen MR) is 46.5 cm³/mol. The molecule has 1 heterocycles. The second-order valence-corrected chi connectivity index (χ2v) is 3.55. The van der Waals surface area contributed by atoms with Gasteiger partial charge < -0.3 is 0 Å². The first-order chi connectivity index (χ1) is 4.79. The van der Waals surface area contributed by atoms with Crippen LogP contribution in [0.25, 0.3) is 6.08 Å². The Bertz CT molecular complexity index is 203. The monoisotopic (exact) mass is 173 g/mol. The smallest absolute Gasteiger partial charge is 0.0797 e. The molecule has 1 rings (SSSR count). The Morgan fingerprint density at radius 2 is 2.60 bits per heavy atom. The molecule has 0 N–H and O–H groups in total. The number of alkyl halides is 1. The lowest BCUT2D eigenvalue weighted by molar-refractivity contribution is 1.24. The van der Waals surface area contributed by atoms with Crippen LogP contribution in [0.2, 0.25) is 0 Å². The predicted octanol–water partition coefficient (Wildman–Crippen LogP) is 2.78. The van der Waals surface area contributed by atoms with E-state index in [0.29, 0.717) is 0 Å². The van der Waals surface area contributed by atoms with Gasteiger partial charge in [0.1, 0.15) is 0 Å². The molecule has 0 radical (unpaired) electrons. The van der Waals surface area contributed by atoms with Gasteiger partial charge in [-0.2, -0.15) is 0 Å². The average Bonchev–Trinajstić information content (AvgIpc) is 2.34. The number of aromatic nitrogens is 1. The Kier molecular flexibility index (Phi) is 2.90. The van der Waals surface area contributed by atoms with Gasteiger partial charge in [-0.05, 0) is 13.0 Å². The number of rotatable bonds is 2. The van der Waals surface area contributed by atoms with Gasteiger partial charge in [-0.15, -0.1) is 22.9 Å². The van der Waals surface area contributed by atoms with Gasteiger partial charge in [0.25, 0.3) is 0 Å². The van der Waals surface area contributed by atoms with Crippen molar-refractivity contribution in [2.75, 3.05) is 0 Å². The molecule has 3 heteroatoms. The van der Waals surface area contributed by atoms with Crippen LogP contribution in [0.3, 0.4) is 0 Å². The van der Waals surface area contributed by atoms with Crippen LogP contribution in [-0.4, -0.2) is 10.4 Å². The molecule has 1 unspecified atom stereocenters. The molecule has 1 nitrogen and oxygen atoms in total. The molecule has 54 valence electrons. The van der Waals surface area contributed by atoms with Gasteiger partial charge in [-0.3, -0.25) is 4.98 Å². The van der Waals surface area contributed by atoms with E-state index in [1.807, 2.05) is 25.3 Å². The minimum absolute atomic E-state index is 0.0992. The van der Waals surface area contributed by atoms with Gasteiger partial charge in [0, 0.05) is 16.5 Å². The van der Waals surface area contributed by atoms with E-state index >= 15 is 0 Å². The molecule has 0 spiro atoms. The van der Waals surface area contributed by atoms with Crippen molar-refractivity contribution in [3.05, 3.63) is 22.7 Å². The highest BCUT2D eigenvalue weighted by Gasteiger charge is 1.88. The summed E-state index contributed by atoms with van der Waals surface area (Å²) in [5, 5.41) is 0.0992. The lowest BCUT2D eigenvalue weighted by Crippen LogP contribution is -1.78. The van der Waals surface area contributed by atoms with Gasteiger partial charge in [0.15, 0.2) is 0 Å². The van der Waals surface area contributed by atoms with Crippen LogP contribution in [0.15, 0.2) is 17.8 Å². The highest BCUT2D eigenvalue weighted by Crippen LogP contribution is 2.09. The first-order valence-electron chi connectivity index (χ1n) is 3.00. The van der Waals surface area contributed by atoms with Crippen molar-refractivity contribution in [3.63, 3.8) is 0 Å². The summed E-state index contributed by atoms with van der Waals surface area (Å²) < 4.78 is 0. The second-order valence-electron chi connectivity index (χ2n) is 1.94. The van der Waals surface area contributed by atoms with Crippen LogP contribution in [0.5, 0.6) is 0 Å². The zero-order chi connectivity index (χ0) is 7.40. The van der Waals surface area contributed by atoms with Gasteiger partial charge in [0.2, 0.25) is 0 Å². The summed E-state index contributed by atoms with van der Waals surface area (Å²) in [5.41, 5.74) is 1.80. The van der Waals surface area contributed by atoms with E-state index in [1.54, 1.807) is 16.8 Å². The number of hydrogen-bond acceptors (Lipinski definition) is 2. The van der Waals surface area contributed by atoms with Gasteiger partial charge in [0.05, 0.1) is 5.51 Å². The molecule has 0 saturated carbocycles. The highest BCUT2D eigenvalue weighted by atomic mass is 35.5. The van der Waals surface area contributed by atoms with E-state index in [9.17, 15) is 0 Å². The highest BCUT2D eigenvalue weighted by molar-refractivity contribution is 7.10. The molecule has 0 bridgehead atoms. The summed E-state index contributed by atoms with van der Waals surface area (Å²) in [5.74, 6) is 0. The second kappa shape index (κ2) is 3.74. The van der Waals surface area contributed by atoms with Crippen molar-refractivity contribution in [2.24, 2.45) is 0 Å². The van der Waals surface area contributed by atoms with E-state index in [2.05, 4.69) is 4.98 Å². The number of halogens is 1. The van der Waals surface area contributed by atoms with E-state index in [1.165, 1.54) is 0 Å². The topological polar surface area (TPSA) is 12.9 Å². The van der Waals surface area contributed by atoms with Gasteiger partial charge in [-0.1, -0.05) is 6.08 Å². The quantitative estimate of drug-likeness (QED) is 0.627. The van der Waals surface area contributed by atoms with Gasteiger partial charge >= 0.3 is 0 Å². The molecule has 0 aliphatic rings. The van der Waals surface area contributed by atoms with Crippen LogP contribution in [0.4, 0.5) is 0 Å². The van der Waals surface area contributed by atoms with Crippen LogP contribution in [0, 0.1) is 0 Å². The maximum Gasteiger partial charge on any atom is 0.0797 e. The third kappa shape index (κ3) is 2.50. The molecule has 1 aromatic heterocycles. The van der Waals surface area contributed by atoms with E-state index in [4.69, 9.17) is 11.6 Å². The third-order valence-electron chi connectivity index (χ3n) is 0.977. The number of thiazole rings is 1. The summed E-state index contributed by atoms with van der Waals surface area (Å²) in [4.78, 5) is 5.07. The Morgan fingerprint density at radius 1 is 1.80 bits per heavy atom. The van der Waals surface area contributed by atoms with E-state index in [-0.39, 0.29) is 5.38 Å². The fourth-order valence-corrected chi connectivity index (χ4v) is 1.13. The van der Waals surface area contributed by atoms with Crippen LogP contribution in [0.1, 0.15) is 11.8 Å². The maximum atomic E-state index is 5.69. The van der Waals surface area contributed by atoms with Crippen molar-refractivity contribution < 1.29 is 0 Å². The molecule has 0 aromatic carbocycles. The Morgan fingerprint density at radius 3 is 3.10 bits per heavy atom. The summed E-state index contributed by atoms with van der Waals surface area (Å²) in [6, 6.07) is 0. The zero-order valence-electron chi connectivity index (χ0n) is 5.62. The van der Waals surface area contributed by atoms with Crippen molar-refractivity contribution in [1.29, 1.82) is 0 Å². The van der Waals surface area contributed by atoms with Crippen LogP contribution >= 0.6 is 22.9 Å². The fraction of sp³-hybridized carbons (Fsp3) is 0.286. The van der Waals surface area contributed by atoms with Gasteiger partial charge in [-0.25, -0.2) is 0 Å². The first kappa shape index (κ1) is 7.76. The zero-order valence-corrected chi connectivity index (χ0v) is 7.19. The molecule has 0 aliphatic carbocycles. The normalized spacial score (nSPS) is 14.2. The largest absolute Gasteiger partial charge is 0.253 e. The molecule has 0 aliphatic heterocycles. The Labute approximate surface area is 69.4 Å². The number of hydrogen-bond donors (Lipinski definition) is 0. The molecule has 1 aromatic rings. The maximum absolute atomic E-state index is 5.69. The number of nitrogens with zero attached hydrogens (tertiary/aromatic N) is 1. The first-order valence-corrected chi connectivity index (χ1v) is 4.31. The standard InChI is InChI=1S/C7H8ClNS/c1-6(8)2-3-7-4-9-5-10-7/h2-6H,1H3/b3-2+. The average molecular weight is 174 g/mol. The fourth-order valence-electron chi connectivity index (χ4n) is 0.535. The molecule has 0 amide bonds. The van der Waals surface area contributed by atoms with E-state index in [0.717, 1.165) is 4.88 Å². The summed E-state index contributed by atoms with van der Waals surface area (Å²) in [6.07, 6.45) is 5.74. The molecule has 0 fully saturated rings.